The first-order valence-corrected chi connectivity index (χ1v) is 10.4. The van der Waals surface area contributed by atoms with Crippen molar-refractivity contribution in [2.75, 3.05) is 11.1 Å². The number of hydrogen-bond acceptors (Lipinski definition) is 7. The van der Waals surface area contributed by atoms with Gasteiger partial charge in [-0.2, -0.15) is 5.10 Å². The highest BCUT2D eigenvalue weighted by atomic mass is 35.5. The van der Waals surface area contributed by atoms with E-state index in [1.807, 2.05) is 29.7 Å². The van der Waals surface area contributed by atoms with Crippen molar-refractivity contribution in [1.29, 1.82) is 0 Å². The van der Waals surface area contributed by atoms with Crippen LogP contribution in [0.15, 0.2) is 41.7 Å². The number of fused-ring (bicyclic) bond motifs is 1. The molecule has 5 rings (SSSR count). The molecule has 4 aromatic rings. The quantitative estimate of drug-likeness (QED) is 0.492. The van der Waals surface area contributed by atoms with Gasteiger partial charge >= 0.3 is 0 Å². The lowest BCUT2D eigenvalue weighted by molar-refractivity contribution is 0.636. The van der Waals surface area contributed by atoms with Crippen molar-refractivity contribution in [3.8, 4) is 11.4 Å². The van der Waals surface area contributed by atoms with Crippen molar-refractivity contribution in [3.63, 3.8) is 0 Å². The van der Waals surface area contributed by atoms with Gasteiger partial charge in [0.25, 0.3) is 5.56 Å². The van der Waals surface area contributed by atoms with E-state index in [2.05, 4.69) is 25.4 Å². The van der Waals surface area contributed by atoms with E-state index in [0.29, 0.717) is 27.6 Å². The van der Waals surface area contributed by atoms with Crippen LogP contribution in [0.2, 0.25) is 5.02 Å². The van der Waals surface area contributed by atoms with E-state index >= 15 is 0 Å². The summed E-state index contributed by atoms with van der Waals surface area (Å²) in [6.45, 7) is 1.98. The highest BCUT2D eigenvalue weighted by molar-refractivity contribution is 6.35. The van der Waals surface area contributed by atoms with E-state index in [4.69, 9.17) is 17.3 Å². The monoisotopic (exact) mass is 436 g/mol. The van der Waals surface area contributed by atoms with Crippen molar-refractivity contribution in [2.24, 2.45) is 7.05 Å². The number of nitrogen functional groups attached to an aromatic ring is 1. The normalized spacial score (nSPS) is 14.7. The van der Waals surface area contributed by atoms with Crippen LogP contribution in [-0.2, 0) is 7.05 Å². The molecular formula is C21H21ClN8O. The van der Waals surface area contributed by atoms with Crippen LogP contribution in [0.1, 0.15) is 37.5 Å². The average molecular weight is 437 g/mol. The molecule has 158 valence electrons. The smallest absolute Gasteiger partial charge is 0.260 e. The molecule has 3 aromatic heterocycles. The molecule has 0 spiro atoms. The van der Waals surface area contributed by atoms with Gasteiger partial charge < -0.3 is 15.6 Å². The van der Waals surface area contributed by atoms with E-state index in [1.165, 1.54) is 6.33 Å². The van der Waals surface area contributed by atoms with Crippen molar-refractivity contribution in [2.45, 2.75) is 31.8 Å². The van der Waals surface area contributed by atoms with Gasteiger partial charge in [0, 0.05) is 18.8 Å². The summed E-state index contributed by atoms with van der Waals surface area (Å²) in [6, 6.07) is 7.46. The van der Waals surface area contributed by atoms with Crippen molar-refractivity contribution in [3.05, 3.63) is 58.0 Å². The van der Waals surface area contributed by atoms with Crippen molar-refractivity contribution < 1.29 is 0 Å². The molecule has 1 aromatic carbocycles. The Morgan fingerprint density at radius 2 is 2.06 bits per heavy atom. The zero-order chi connectivity index (χ0) is 21.7. The van der Waals surface area contributed by atoms with Crippen LogP contribution in [0.25, 0.3) is 22.2 Å². The summed E-state index contributed by atoms with van der Waals surface area (Å²) in [5, 5.41) is 9.56. The molecule has 9 nitrogen and oxygen atoms in total. The Morgan fingerprint density at radius 1 is 1.26 bits per heavy atom. The fraction of sp³-hybridized carbons (Fsp3) is 0.286. The Balaban J connectivity index is 1.61. The molecule has 0 radical (unpaired) electrons. The number of aromatic nitrogens is 6. The fourth-order valence-corrected chi connectivity index (χ4v) is 4.12. The summed E-state index contributed by atoms with van der Waals surface area (Å²) in [6.07, 6.45) is 4.93. The zero-order valence-corrected chi connectivity index (χ0v) is 17.8. The van der Waals surface area contributed by atoms with Crippen LogP contribution >= 0.6 is 11.6 Å². The van der Waals surface area contributed by atoms with Crippen LogP contribution in [0.3, 0.4) is 0 Å². The van der Waals surface area contributed by atoms with Gasteiger partial charge in [-0.3, -0.25) is 9.48 Å². The van der Waals surface area contributed by atoms with Gasteiger partial charge in [0.05, 0.1) is 16.5 Å². The molecule has 3 N–H and O–H groups in total. The van der Waals surface area contributed by atoms with Crippen LogP contribution in [0.5, 0.6) is 0 Å². The Morgan fingerprint density at radius 3 is 2.77 bits per heavy atom. The molecule has 10 heteroatoms. The lowest BCUT2D eigenvalue weighted by Crippen LogP contribution is -2.26. The van der Waals surface area contributed by atoms with Gasteiger partial charge in [-0.25, -0.2) is 15.0 Å². The van der Waals surface area contributed by atoms with Gasteiger partial charge in [0.1, 0.15) is 29.9 Å². The number of halogens is 1. The maximum atomic E-state index is 13.3. The summed E-state index contributed by atoms with van der Waals surface area (Å²) < 4.78 is 3.45. The number of anilines is 2. The minimum Gasteiger partial charge on any atom is -0.383 e. The van der Waals surface area contributed by atoms with Crippen LogP contribution in [0.4, 0.5) is 11.6 Å². The van der Waals surface area contributed by atoms with Crippen molar-refractivity contribution in [1.82, 2.24) is 29.3 Å². The predicted molar refractivity (Wildman–Crippen MR) is 120 cm³/mol. The summed E-state index contributed by atoms with van der Waals surface area (Å²) >= 11 is 6.35. The molecule has 1 saturated carbocycles. The molecule has 0 unspecified atom stereocenters. The highest BCUT2D eigenvalue weighted by Gasteiger charge is 2.30. The first-order chi connectivity index (χ1) is 14.9. The third-order valence-corrected chi connectivity index (χ3v) is 5.78. The molecule has 3 heterocycles. The summed E-state index contributed by atoms with van der Waals surface area (Å²) in [7, 11) is 1.78. The SMILES string of the molecule is C[C@H](Nc1ncnc(N)c1-c1ncn(C)n1)c1cc2cccc(Cl)c2c(=O)n1C1CC1. The molecule has 1 aliphatic rings. The zero-order valence-electron chi connectivity index (χ0n) is 17.1. The molecule has 0 amide bonds. The number of pyridine rings is 1. The minimum absolute atomic E-state index is 0.0666. The Labute approximate surface area is 182 Å². The third kappa shape index (κ3) is 3.40. The molecule has 31 heavy (non-hydrogen) atoms. The standard InChI is InChI=1S/C21H21ClN8O/c1-11(27-19-17(18(23)24-9-25-19)20-26-10-29(2)28-20)15-8-12-4-3-5-14(22)16(12)21(31)30(15)13-6-7-13/h3-5,8-11,13H,6-7H2,1-2H3,(H3,23,24,25,27)/t11-/m0/s1. The summed E-state index contributed by atoms with van der Waals surface area (Å²) in [4.78, 5) is 26.1. The van der Waals surface area contributed by atoms with E-state index in [9.17, 15) is 4.79 Å². The number of nitrogens with two attached hydrogens (primary N) is 1. The fourth-order valence-electron chi connectivity index (χ4n) is 3.86. The van der Waals surface area contributed by atoms with Gasteiger partial charge in [-0.1, -0.05) is 23.7 Å². The van der Waals surface area contributed by atoms with E-state index < -0.39 is 0 Å². The second kappa shape index (κ2) is 7.35. The molecule has 0 saturated heterocycles. The minimum atomic E-state index is -0.242. The molecule has 0 aliphatic heterocycles. The molecule has 1 atom stereocenters. The number of hydrogen-bond donors (Lipinski definition) is 2. The van der Waals surface area contributed by atoms with Gasteiger partial charge in [0.2, 0.25) is 0 Å². The van der Waals surface area contributed by atoms with Crippen LogP contribution in [-0.4, -0.2) is 29.3 Å². The first kappa shape index (κ1) is 19.5. The molecule has 1 fully saturated rings. The summed E-state index contributed by atoms with van der Waals surface area (Å²) in [5.74, 6) is 1.22. The first-order valence-electron chi connectivity index (χ1n) is 10.0. The maximum Gasteiger partial charge on any atom is 0.260 e. The molecule has 0 bridgehead atoms. The number of nitrogens with one attached hydrogen (secondary N) is 1. The summed E-state index contributed by atoms with van der Waals surface area (Å²) in [5.41, 5.74) is 7.45. The van der Waals surface area contributed by atoms with Crippen LogP contribution < -0.4 is 16.6 Å². The number of aryl methyl sites for hydroxylation is 1. The van der Waals surface area contributed by atoms with E-state index in [-0.39, 0.29) is 23.5 Å². The molecule has 1 aliphatic carbocycles. The largest absolute Gasteiger partial charge is 0.383 e. The third-order valence-electron chi connectivity index (χ3n) is 5.47. The lowest BCUT2D eigenvalue weighted by Gasteiger charge is -2.22. The number of rotatable bonds is 5. The number of benzene rings is 1. The second-order valence-electron chi connectivity index (χ2n) is 7.77. The van der Waals surface area contributed by atoms with Crippen molar-refractivity contribution >= 4 is 34.0 Å². The van der Waals surface area contributed by atoms with Crippen LogP contribution in [0, 0.1) is 0 Å². The predicted octanol–water partition coefficient (Wildman–Crippen LogP) is 3.33. The van der Waals surface area contributed by atoms with E-state index in [1.54, 1.807) is 24.1 Å². The Bertz CT molecular complexity index is 1360. The lowest BCUT2D eigenvalue weighted by atomic mass is 10.1. The maximum absolute atomic E-state index is 13.3. The van der Waals surface area contributed by atoms with Gasteiger partial charge in [0.15, 0.2) is 5.82 Å². The Hall–Kier alpha value is -3.46. The average Bonchev–Trinajstić information content (AvgIpc) is 3.48. The molecular weight excluding hydrogens is 416 g/mol. The Kier molecular flexibility index (Phi) is 4.62. The highest BCUT2D eigenvalue weighted by Crippen LogP contribution is 2.38. The second-order valence-corrected chi connectivity index (χ2v) is 8.18. The topological polar surface area (TPSA) is 117 Å². The van der Waals surface area contributed by atoms with E-state index in [0.717, 1.165) is 23.9 Å². The number of nitrogens with zero attached hydrogens (tertiary/aromatic N) is 6. The van der Waals surface area contributed by atoms with Gasteiger partial charge in [-0.15, -0.1) is 0 Å². The van der Waals surface area contributed by atoms with Gasteiger partial charge in [-0.05, 0) is 37.3 Å².